The van der Waals surface area contributed by atoms with Gasteiger partial charge >= 0.3 is 73.8 Å². The van der Waals surface area contributed by atoms with E-state index in [4.69, 9.17) is 19.7 Å². The van der Waals surface area contributed by atoms with Gasteiger partial charge in [0.1, 0.15) is 0 Å². The number of hydrogen-bond acceptors (Lipinski definition) is 5. The van der Waals surface area contributed by atoms with Crippen molar-refractivity contribution in [3.05, 3.63) is 0 Å². The van der Waals surface area contributed by atoms with Crippen LogP contribution in [0.3, 0.4) is 0 Å². The zero-order valence-electron chi connectivity index (χ0n) is 7.25. The van der Waals surface area contributed by atoms with E-state index in [0.29, 0.717) is 35.8 Å². The van der Waals surface area contributed by atoms with Gasteiger partial charge in [0.15, 0.2) is 0 Å². The van der Waals surface area contributed by atoms with Crippen molar-refractivity contribution in [3.63, 3.8) is 0 Å². The molecule has 0 saturated carbocycles. The number of rotatable bonds is 0. The van der Waals surface area contributed by atoms with Crippen LogP contribution in [0.15, 0.2) is 0 Å². The molecule has 7 radical (unpaired) electrons. The molecule has 0 heterocycles. The fraction of sp³-hybridized carbons (Fsp3) is 0.667. The molecule has 0 aliphatic rings. The molecule has 0 aromatic heterocycles. The first kappa shape index (κ1) is 14.5. The Morgan fingerprint density at radius 3 is 1.50 bits per heavy atom. The molecule has 0 saturated heterocycles. The average Bonchev–Trinajstić information content (AvgIpc) is 1.52. The van der Waals surface area contributed by atoms with Gasteiger partial charge in [-0.15, -0.1) is 0 Å². The van der Waals surface area contributed by atoms with Crippen LogP contribution in [0.2, 0.25) is 0 Å². The summed E-state index contributed by atoms with van der Waals surface area (Å²) in [6, 6.07) is 0. The maximum atomic E-state index is 10.3. The van der Waals surface area contributed by atoms with Gasteiger partial charge in [-0.2, -0.15) is 0 Å². The summed E-state index contributed by atoms with van der Waals surface area (Å²) in [6.07, 6.45) is -2.33. The van der Waals surface area contributed by atoms with Crippen LogP contribution in [0.4, 0.5) is 9.59 Å². The second kappa shape index (κ2) is 6.51. The predicted molar refractivity (Wildman–Crippen MR) is 37.4 cm³/mol. The molecule has 0 aromatic carbocycles. The summed E-state index contributed by atoms with van der Waals surface area (Å²) in [5, 5.41) is 16.7. The SMILES string of the molecule is CC(C)(C)O[C](=O)[Ca+2].O=C([O-])[O-]. The van der Waals surface area contributed by atoms with Crippen LogP contribution in [0, 0.1) is 0 Å². The Hall–Kier alpha value is -0.000260. The molecule has 0 N–H and O–H groups in total. The van der Waals surface area contributed by atoms with E-state index in [9.17, 15) is 4.79 Å². The van der Waals surface area contributed by atoms with E-state index in [0.717, 1.165) is 0 Å². The third-order valence-electron chi connectivity index (χ3n) is 0.420. The van der Waals surface area contributed by atoms with E-state index in [1.165, 1.54) is 0 Å². The molecule has 0 aliphatic heterocycles. The first-order valence-electron chi connectivity index (χ1n) is 3.08. The Morgan fingerprint density at radius 1 is 1.25 bits per heavy atom. The maximum absolute atomic E-state index is 10.3. The van der Waals surface area contributed by atoms with Crippen molar-refractivity contribution in [2.24, 2.45) is 0 Å². The summed E-state index contributed by atoms with van der Waals surface area (Å²) < 4.78 is 4.75. The van der Waals surface area contributed by atoms with Crippen LogP contribution >= 0.6 is 0 Å². The van der Waals surface area contributed by atoms with E-state index in [1.54, 1.807) is 0 Å². The van der Waals surface area contributed by atoms with Crippen molar-refractivity contribution >= 4 is 44.0 Å². The molecule has 0 unspecified atom stereocenters. The minimum Gasteiger partial charge on any atom is -0.652 e. The fourth-order valence-electron chi connectivity index (χ4n) is 0.342. The molecule has 6 heteroatoms. The Balaban J connectivity index is 0. The van der Waals surface area contributed by atoms with Gasteiger partial charge in [-0.25, -0.2) is 0 Å². The molecule has 0 aromatic rings. The Kier molecular flexibility index (Phi) is 7.88. The number of carbonyl (C=O) groups is 2. The number of carboxylic acid groups (broad SMARTS) is 2. The van der Waals surface area contributed by atoms with Crippen molar-refractivity contribution in [2.75, 3.05) is 0 Å². The van der Waals surface area contributed by atoms with Crippen molar-refractivity contribution in [2.45, 2.75) is 26.4 Å². The Bertz CT molecular complexity index is 156. The molecular weight excluding hydrogens is 192 g/mol. The molecule has 0 fully saturated rings. The number of hydrogen-bond donors (Lipinski definition) is 0. The van der Waals surface area contributed by atoms with Crippen LogP contribution in [-0.2, 0) is 4.74 Å². The molecule has 0 atom stereocenters. The van der Waals surface area contributed by atoms with Crippen molar-refractivity contribution in [1.29, 1.82) is 0 Å². The minimum atomic E-state index is -2.33. The second-order valence-corrected chi connectivity index (χ2v) is 3.74. The molecular formula is C6H9CaO5. The summed E-state index contributed by atoms with van der Waals surface area (Å²) in [5.41, 5.74) is -0.296. The Labute approximate surface area is 94.4 Å². The quantitative estimate of drug-likeness (QED) is 0.452. The summed E-state index contributed by atoms with van der Waals surface area (Å²) in [4.78, 5) is 18.6. The van der Waals surface area contributed by atoms with Gasteiger partial charge in [-0.3, -0.25) is 0 Å². The third kappa shape index (κ3) is 32.4. The number of ether oxygens (including phenoxy) is 1. The molecule has 0 amide bonds. The summed E-state index contributed by atoms with van der Waals surface area (Å²) in [6.45, 7) is 5.58. The minimum absolute atomic E-state index is 0.0995. The summed E-state index contributed by atoms with van der Waals surface area (Å²) in [5.74, 6) is 0. The second-order valence-electron chi connectivity index (χ2n) is 2.84. The predicted octanol–water partition coefficient (Wildman–Crippen LogP) is -1.36. The Morgan fingerprint density at radius 2 is 1.50 bits per heavy atom. The zero-order chi connectivity index (χ0) is 10.4. The van der Waals surface area contributed by atoms with Crippen molar-refractivity contribution in [3.8, 4) is 0 Å². The van der Waals surface area contributed by atoms with Gasteiger partial charge in [-0.1, -0.05) is 0 Å². The molecule has 0 rings (SSSR count). The third-order valence-corrected chi connectivity index (χ3v) is 0.645. The van der Waals surface area contributed by atoms with Gasteiger partial charge in [0.05, 0.1) is 0 Å². The van der Waals surface area contributed by atoms with Crippen LogP contribution in [0.25, 0.3) is 0 Å². The standard InChI is InChI=1S/C5H9O2.CH2O3.Ca/c1-5(2,3)7-4-6;2-1(3)4;/h1-3H3;(H2,2,3,4);/q;;+2/p-2. The topological polar surface area (TPSA) is 89.5 Å². The van der Waals surface area contributed by atoms with E-state index >= 15 is 0 Å². The van der Waals surface area contributed by atoms with Crippen LogP contribution in [0.5, 0.6) is 0 Å². The number of carbonyl (C=O) groups excluding carboxylic acids is 2. The van der Waals surface area contributed by atoms with E-state index in [1.807, 2.05) is 20.8 Å². The first-order valence-corrected chi connectivity index (χ1v) is 4.18. The molecule has 5 nitrogen and oxygen atoms in total. The maximum Gasteiger partial charge on any atom is -0.0431 e. The normalized spacial score (nSPS) is 9.33. The smallest absolute Gasteiger partial charge is 0.0431 e. The van der Waals surface area contributed by atoms with Gasteiger partial charge in [0.2, 0.25) is 0 Å². The molecule has 65 valence electrons. The van der Waals surface area contributed by atoms with Gasteiger partial charge in [-0.05, 0) is 6.16 Å². The monoisotopic (exact) mass is 201 g/mol. The molecule has 0 aliphatic carbocycles. The largest absolute Gasteiger partial charge is 0.652 e. The van der Waals surface area contributed by atoms with E-state index < -0.39 is 6.16 Å². The summed E-state index contributed by atoms with van der Waals surface area (Å²) in [7, 11) is 0. The molecule has 0 bridgehead atoms. The van der Waals surface area contributed by atoms with E-state index in [-0.39, 0.29) is 7.67 Å². The van der Waals surface area contributed by atoms with Gasteiger partial charge < -0.3 is 15.0 Å². The van der Waals surface area contributed by atoms with Crippen LogP contribution < -0.4 is 10.2 Å². The molecule has 0 spiro atoms. The molecule has 12 heavy (non-hydrogen) atoms. The van der Waals surface area contributed by atoms with Gasteiger partial charge in [0.25, 0.3) is 0 Å². The van der Waals surface area contributed by atoms with Crippen molar-refractivity contribution in [1.82, 2.24) is 0 Å². The average molecular weight is 201 g/mol. The van der Waals surface area contributed by atoms with E-state index in [2.05, 4.69) is 0 Å². The first-order chi connectivity index (χ1) is 5.15. The zero-order valence-corrected chi connectivity index (χ0v) is 9.46. The van der Waals surface area contributed by atoms with Crippen LogP contribution in [0.1, 0.15) is 20.8 Å². The van der Waals surface area contributed by atoms with Crippen molar-refractivity contribution < 1.29 is 24.5 Å². The van der Waals surface area contributed by atoms with Gasteiger partial charge in [0, 0.05) is 0 Å². The van der Waals surface area contributed by atoms with Crippen LogP contribution in [-0.4, -0.2) is 49.6 Å². The fourth-order valence-corrected chi connectivity index (χ4v) is 1.02. The summed E-state index contributed by atoms with van der Waals surface area (Å²) >= 11 is 0.581.